The molecule has 0 aromatic heterocycles. The molecule has 0 aliphatic carbocycles. The van der Waals surface area contributed by atoms with Crippen molar-refractivity contribution in [2.75, 3.05) is 0 Å². The van der Waals surface area contributed by atoms with E-state index in [0.717, 1.165) is 11.3 Å². The molecule has 1 atom stereocenters. The summed E-state index contributed by atoms with van der Waals surface area (Å²) in [5, 5.41) is 0. The molecule has 12 heavy (non-hydrogen) atoms. The lowest BCUT2D eigenvalue weighted by atomic mass is 10.1. The maximum Gasteiger partial charge on any atom is 0.129 e. The van der Waals surface area contributed by atoms with Crippen molar-refractivity contribution in [3.8, 4) is 5.75 Å². The van der Waals surface area contributed by atoms with Gasteiger partial charge in [0.1, 0.15) is 5.75 Å². The van der Waals surface area contributed by atoms with Gasteiger partial charge in [-0.05, 0) is 25.5 Å². The summed E-state index contributed by atoms with van der Waals surface area (Å²) in [5.74, 6) is 0.901. The van der Waals surface area contributed by atoms with Crippen LogP contribution >= 0.6 is 9.47 Å². The highest BCUT2D eigenvalue weighted by Gasteiger charge is 1.97. The lowest BCUT2D eigenvalue weighted by molar-refractivity contribution is 0.643. The number of rotatable bonds is 2. The van der Waals surface area contributed by atoms with Gasteiger partial charge in [0.2, 0.25) is 0 Å². The van der Waals surface area contributed by atoms with Crippen molar-refractivity contribution in [1.82, 2.24) is 0 Å². The molecule has 0 saturated heterocycles. The molecule has 0 aliphatic heterocycles. The second-order valence-corrected chi connectivity index (χ2v) is 2.89. The lowest BCUT2D eigenvalue weighted by Gasteiger charge is -2.04. The Kier molecular flexibility index (Phi) is 3.31. The Labute approximate surface area is 75.7 Å². The van der Waals surface area contributed by atoms with Crippen molar-refractivity contribution in [3.05, 3.63) is 35.4 Å². The van der Waals surface area contributed by atoms with Gasteiger partial charge in [-0.25, -0.2) is 0 Å². The quantitative estimate of drug-likeness (QED) is 0.635. The van der Waals surface area contributed by atoms with Crippen LogP contribution in [0.5, 0.6) is 5.75 Å². The van der Waals surface area contributed by atoms with Gasteiger partial charge in [-0.1, -0.05) is 24.3 Å². The van der Waals surface area contributed by atoms with Gasteiger partial charge in [0.25, 0.3) is 0 Å². The van der Waals surface area contributed by atoms with Crippen LogP contribution < -0.4 is 4.52 Å². The highest BCUT2D eigenvalue weighted by atomic mass is 31.0. The Hall–Kier alpha value is -0.810. The molecule has 1 aromatic carbocycles. The maximum atomic E-state index is 5.14. The van der Waals surface area contributed by atoms with E-state index in [2.05, 4.69) is 21.6 Å². The van der Waals surface area contributed by atoms with Crippen LogP contribution in [0.2, 0.25) is 0 Å². The molecular formula is C10H13OP. The Morgan fingerprint density at radius 2 is 2.17 bits per heavy atom. The SMILES string of the molecule is C/C=C/c1ccc(C)cc1OP. The van der Waals surface area contributed by atoms with Gasteiger partial charge >= 0.3 is 0 Å². The fourth-order valence-electron chi connectivity index (χ4n) is 1.06. The van der Waals surface area contributed by atoms with E-state index in [-0.39, 0.29) is 0 Å². The van der Waals surface area contributed by atoms with Crippen molar-refractivity contribution in [2.24, 2.45) is 0 Å². The number of benzene rings is 1. The van der Waals surface area contributed by atoms with Crippen molar-refractivity contribution in [1.29, 1.82) is 0 Å². The normalized spacial score (nSPS) is 10.6. The van der Waals surface area contributed by atoms with E-state index >= 15 is 0 Å². The van der Waals surface area contributed by atoms with Gasteiger partial charge < -0.3 is 4.52 Å². The zero-order valence-electron chi connectivity index (χ0n) is 7.37. The Morgan fingerprint density at radius 1 is 1.42 bits per heavy atom. The van der Waals surface area contributed by atoms with Crippen LogP contribution in [0.15, 0.2) is 24.3 Å². The van der Waals surface area contributed by atoms with Crippen molar-refractivity contribution in [2.45, 2.75) is 13.8 Å². The van der Waals surface area contributed by atoms with Gasteiger partial charge in [0, 0.05) is 5.56 Å². The number of aryl methyl sites for hydroxylation is 1. The van der Waals surface area contributed by atoms with Crippen LogP contribution in [0.4, 0.5) is 0 Å². The highest BCUT2D eigenvalue weighted by Crippen LogP contribution is 2.23. The topological polar surface area (TPSA) is 9.23 Å². The smallest absolute Gasteiger partial charge is 0.129 e. The largest absolute Gasteiger partial charge is 0.480 e. The van der Waals surface area contributed by atoms with Gasteiger partial charge in [-0.2, -0.15) is 0 Å². The van der Waals surface area contributed by atoms with E-state index < -0.39 is 0 Å². The van der Waals surface area contributed by atoms with Gasteiger partial charge in [-0.3, -0.25) is 0 Å². The lowest BCUT2D eigenvalue weighted by Crippen LogP contribution is -1.81. The number of allylic oxidation sites excluding steroid dienone is 1. The molecule has 1 rings (SSSR count). The van der Waals surface area contributed by atoms with Crippen LogP contribution in [0, 0.1) is 6.92 Å². The van der Waals surface area contributed by atoms with E-state index in [0.29, 0.717) is 0 Å². The van der Waals surface area contributed by atoms with Crippen LogP contribution in [0.25, 0.3) is 6.08 Å². The van der Waals surface area contributed by atoms with E-state index in [9.17, 15) is 0 Å². The number of hydrogen-bond donors (Lipinski definition) is 0. The minimum absolute atomic E-state index is 0.901. The summed E-state index contributed by atoms with van der Waals surface area (Å²) in [4.78, 5) is 0. The molecule has 0 amide bonds. The third-order valence-corrected chi connectivity index (χ3v) is 1.90. The van der Waals surface area contributed by atoms with Gasteiger partial charge in [0.05, 0.1) is 9.47 Å². The standard InChI is InChI=1S/C10H13OP/c1-3-4-9-6-5-8(2)7-10(9)11-12/h3-7H,12H2,1-2H3/b4-3+. The minimum atomic E-state index is 0.901. The number of hydrogen-bond acceptors (Lipinski definition) is 1. The first-order valence-electron chi connectivity index (χ1n) is 3.88. The second kappa shape index (κ2) is 4.27. The molecule has 0 bridgehead atoms. The summed E-state index contributed by atoms with van der Waals surface area (Å²) in [7, 11) is 2.27. The van der Waals surface area contributed by atoms with Gasteiger partial charge in [0.15, 0.2) is 0 Å². The fraction of sp³-hybridized carbons (Fsp3) is 0.200. The maximum absolute atomic E-state index is 5.14. The average Bonchev–Trinajstić information content (AvgIpc) is 2.08. The molecule has 0 saturated carbocycles. The molecule has 0 aliphatic rings. The van der Waals surface area contributed by atoms with Crippen LogP contribution in [0.3, 0.4) is 0 Å². The molecule has 64 valence electrons. The summed E-state index contributed by atoms with van der Waals surface area (Å²) in [5.41, 5.74) is 2.32. The van der Waals surface area contributed by atoms with Crippen LogP contribution in [-0.4, -0.2) is 0 Å². The van der Waals surface area contributed by atoms with Crippen molar-refractivity contribution >= 4 is 15.5 Å². The monoisotopic (exact) mass is 180 g/mol. The van der Waals surface area contributed by atoms with Crippen LogP contribution in [-0.2, 0) is 0 Å². The molecule has 0 radical (unpaired) electrons. The Balaban J connectivity index is 3.10. The van der Waals surface area contributed by atoms with E-state index in [4.69, 9.17) is 4.52 Å². The first kappa shape index (κ1) is 9.28. The molecule has 2 heteroatoms. The Bertz CT molecular complexity index is 292. The minimum Gasteiger partial charge on any atom is -0.480 e. The molecule has 0 heterocycles. The first-order valence-corrected chi connectivity index (χ1v) is 4.35. The highest BCUT2D eigenvalue weighted by molar-refractivity contribution is 7.10. The first-order chi connectivity index (χ1) is 5.77. The van der Waals surface area contributed by atoms with Gasteiger partial charge in [-0.15, -0.1) is 0 Å². The summed E-state index contributed by atoms with van der Waals surface area (Å²) in [6, 6.07) is 6.14. The van der Waals surface area contributed by atoms with Crippen molar-refractivity contribution in [3.63, 3.8) is 0 Å². The van der Waals surface area contributed by atoms with Crippen LogP contribution in [0.1, 0.15) is 18.1 Å². The molecule has 1 unspecified atom stereocenters. The molecule has 1 aromatic rings. The third kappa shape index (κ3) is 2.09. The summed E-state index contributed by atoms with van der Waals surface area (Å²) in [6.45, 7) is 4.04. The zero-order valence-corrected chi connectivity index (χ0v) is 8.53. The summed E-state index contributed by atoms with van der Waals surface area (Å²) >= 11 is 0. The molecular weight excluding hydrogens is 167 g/mol. The predicted octanol–water partition coefficient (Wildman–Crippen LogP) is 3.20. The van der Waals surface area contributed by atoms with E-state index in [1.165, 1.54) is 5.56 Å². The molecule has 0 fully saturated rings. The van der Waals surface area contributed by atoms with E-state index in [1.807, 2.05) is 32.1 Å². The van der Waals surface area contributed by atoms with E-state index in [1.54, 1.807) is 0 Å². The molecule has 0 spiro atoms. The molecule has 0 N–H and O–H groups in total. The summed E-state index contributed by atoms with van der Waals surface area (Å²) < 4.78 is 5.14. The van der Waals surface area contributed by atoms with Crippen molar-refractivity contribution < 1.29 is 4.52 Å². The Morgan fingerprint density at radius 3 is 2.75 bits per heavy atom. The zero-order chi connectivity index (χ0) is 8.97. The average molecular weight is 180 g/mol. The summed E-state index contributed by atoms with van der Waals surface area (Å²) in [6.07, 6.45) is 4.02. The second-order valence-electron chi connectivity index (χ2n) is 2.66. The third-order valence-electron chi connectivity index (χ3n) is 1.64. The predicted molar refractivity (Wildman–Crippen MR) is 56.2 cm³/mol. The molecule has 1 nitrogen and oxygen atoms in total. The fourth-order valence-corrected chi connectivity index (χ4v) is 1.27.